The van der Waals surface area contributed by atoms with E-state index >= 15 is 0 Å². The Kier molecular flexibility index (Phi) is 21.2. The van der Waals surface area contributed by atoms with Gasteiger partial charge < -0.3 is 63.2 Å². The molecule has 0 spiro atoms. The fraction of sp³-hybridized carbons (Fsp3) is 0.622. The maximum atomic E-state index is 13.5. The van der Waals surface area contributed by atoms with E-state index in [4.69, 9.17) is 5.73 Å². The number of benzene rings is 1. The molecule has 0 bridgehead atoms. The smallest absolute Gasteiger partial charge is 0.328 e. The van der Waals surface area contributed by atoms with Gasteiger partial charge in [0.25, 0.3) is 0 Å². The number of hydrogen-bond donors (Lipinski definition) is 12. The van der Waals surface area contributed by atoms with Gasteiger partial charge in [0.15, 0.2) is 0 Å². The lowest BCUT2D eigenvalue weighted by Gasteiger charge is -2.29. The molecule has 0 aromatic heterocycles. The zero-order chi connectivity index (χ0) is 43.6. The fourth-order valence-corrected chi connectivity index (χ4v) is 5.42. The van der Waals surface area contributed by atoms with E-state index < -0.39 is 121 Å². The first-order valence-corrected chi connectivity index (χ1v) is 18.7. The third-order valence-electron chi connectivity index (χ3n) is 9.00. The summed E-state index contributed by atoms with van der Waals surface area (Å²) in [4.78, 5) is 103. The van der Waals surface area contributed by atoms with Gasteiger partial charge in [0.1, 0.15) is 42.0 Å². The molecule has 20 heteroatoms. The summed E-state index contributed by atoms with van der Waals surface area (Å²) in [6.45, 7) is 8.14. The van der Waals surface area contributed by atoms with E-state index in [1.54, 1.807) is 53.7 Å². The van der Waals surface area contributed by atoms with Crippen LogP contribution in [0.3, 0.4) is 0 Å². The second-order valence-corrected chi connectivity index (χ2v) is 14.6. The van der Waals surface area contributed by atoms with E-state index in [9.17, 15) is 63.9 Å². The van der Waals surface area contributed by atoms with Crippen molar-refractivity contribution in [2.45, 2.75) is 116 Å². The molecule has 0 unspecified atom stereocenters. The topological polar surface area (TPSA) is 336 Å². The Morgan fingerprint density at radius 3 is 1.60 bits per heavy atom. The lowest BCUT2D eigenvalue weighted by molar-refractivity contribution is -0.143. The number of carbonyl (C=O) groups is 8. The van der Waals surface area contributed by atoms with Crippen LogP contribution in [-0.4, -0.2) is 128 Å². The average molecular weight is 810 g/mol. The largest absolute Gasteiger partial charge is 0.508 e. The number of nitrogens with one attached hydrogen (secondary N) is 6. The Bertz CT molecular complexity index is 1540. The van der Waals surface area contributed by atoms with Crippen LogP contribution in [0.1, 0.15) is 72.8 Å². The van der Waals surface area contributed by atoms with E-state index in [-0.39, 0.29) is 30.9 Å². The van der Waals surface area contributed by atoms with Crippen LogP contribution >= 0.6 is 0 Å². The monoisotopic (exact) mass is 809 g/mol. The number of rotatable bonds is 25. The minimum absolute atomic E-state index is 0.00319. The summed E-state index contributed by atoms with van der Waals surface area (Å²) in [6.07, 6.45) is -0.459. The number of phenolic OH excluding ortho intramolecular Hbond substituents is 1. The zero-order valence-electron chi connectivity index (χ0n) is 33.1. The first-order chi connectivity index (χ1) is 26.6. The summed E-state index contributed by atoms with van der Waals surface area (Å²) in [6, 6.07) is -3.91. The molecule has 20 nitrogen and oxygen atoms in total. The second-order valence-electron chi connectivity index (χ2n) is 14.6. The van der Waals surface area contributed by atoms with Crippen molar-refractivity contribution in [3.63, 3.8) is 0 Å². The predicted molar refractivity (Wildman–Crippen MR) is 204 cm³/mol. The van der Waals surface area contributed by atoms with Gasteiger partial charge >= 0.3 is 11.9 Å². The fourth-order valence-electron chi connectivity index (χ4n) is 5.42. The lowest BCUT2D eigenvalue weighted by Crippen LogP contribution is -2.61. The molecule has 0 aliphatic rings. The van der Waals surface area contributed by atoms with E-state index in [0.717, 1.165) is 0 Å². The van der Waals surface area contributed by atoms with Crippen molar-refractivity contribution in [3.05, 3.63) is 29.8 Å². The third kappa shape index (κ3) is 17.1. The highest BCUT2D eigenvalue weighted by Crippen LogP contribution is 2.13. The number of nitrogens with two attached hydrogens (primary N) is 1. The molecular weight excluding hydrogens is 750 g/mol. The van der Waals surface area contributed by atoms with Crippen LogP contribution in [0.15, 0.2) is 24.3 Å². The van der Waals surface area contributed by atoms with Gasteiger partial charge in [-0.3, -0.25) is 33.6 Å². The summed E-state index contributed by atoms with van der Waals surface area (Å²) < 4.78 is 0. The standard InChI is InChI=1S/C37H59N7O13/c1-7-20(6)30(36(55)42-27(17-46)37(56)57)44-33(52)25(14-18(2)3)40-34(53)26(16-45)41-35(54)29(19(4)5)43-32(51)24(12-13-28(48)49)39-31(50)23(38)15-21-8-10-22(47)11-9-21/h8-11,18-20,23-27,29-30,45-47H,7,12-17,38H2,1-6H3,(H,39,50)(H,40,53)(H,41,54)(H,42,55)(H,43,51)(H,44,52)(H,48,49)(H,56,57)/t20-,23-,24-,25-,26-,27-,29-,30-/m0/s1. The van der Waals surface area contributed by atoms with Crippen LogP contribution in [0.25, 0.3) is 0 Å². The molecule has 0 heterocycles. The second kappa shape index (κ2) is 24.3. The summed E-state index contributed by atoms with van der Waals surface area (Å²) >= 11 is 0. The minimum atomic E-state index is -1.65. The predicted octanol–water partition coefficient (Wildman–Crippen LogP) is -2.15. The van der Waals surface area contributed by atoms with E-state index in [2.05, 4.69) is 31.9 Å². The number of carboxylic acid groups (broad SMARTS) is 2. The number of carbonyl (C=O) groups excluding carboxylic acids is 6. The highest BCUT2D eigenvalue weighted by Gasteiger charge is 2.35. The summed E-state index contributed by atoms with van der Waals surface area (Å²) in [7, 11) is 0. The number of aliphatic hydroxyl groups is 2. The van der Waals surface area contributed by atoms with Gasteiger partial charge in [-0.15, -0.1) is 0 Å². The number of hydrogen-bond acceptors (Lipinski definition) is 12. The number of carboxylic acids is 2. The van der Waals surface area contributed by atoms with E-state index in [0.29, 0.717) is 12.0 Å². The molecule has 0 saturated heterocycles. The summed E-state index contributed by atoms with van der Waals surface area (Å²) in [5.74, 6) is -9.44. The molecule has 0 fully saturated rings. The number of aliphatic hydroxyl groups excluding tert-OH is 2. The lowest BCUT2D eigenvalue weighted by atomic mass is 9.96. The van der Waals surface area contributed by atoms with Crippen molar-refractivity contribution >= 4 is 47.4 Å². The molecule has 1 rings (SSSR count). The van der Waals surface area contributed by atoms with Crippen molar-refractivity contribution in [3.8, 4) is 5.75 Å². The van der Waals surface area contributed by atoms with Crippen molar-refractivity contribution in [1.29, 1.82) is 0 Å². The molecule has 6 amide bonds. The SMILES string of the molecule is CC[C@H](C)[C@H](NC(=O)[C@H](CC(C)C)NC(=O)[C@H](CO)NC(=O)[C@@H](NC(=O)[C@H](CCC(=O)O)NC(=O)[C@@H](N)Cc1ccc(O)cc1)C(C)C)C(=O)N[C@@H](CO)C(=O)O. The maximum absolute atomic E-state index is 13.5. The molecule has 0 radical (unpaired) electrons. The molecule has 0 saturated carbocycles. The average Bonchev–Trinajstić information content (AvgIpc) is 3.14. The molecule has 13 N–H and O–H groups in total. The molecule has 320 valence electrons. The van der Waals surface area contributed by atoms with E-state index in [1.165, 1.54) is 12.1 Å². The van der Waals surface area contributed by atoms with Crippen LogP contribution < -0.4 is 37.6 Å². The molecule has 8 atom stereocenters. The van der Waals surface area contributed by atoms with Crippen molar-refractivity contribution in [2.75, 3.05) is 13.2 Å². The highest BCUT2D eigenvalue weighted by molar-refractivity contribution is 5.97. The van der Waals surface area contributed by atoms with Gasteiger partial charge in [-0.05, 0) is 54.7 Å². The number of aliphatic carboxylic acids is 2. The van der Waals surface area contributed by atoms with Gasteiger partial charge in [-0.1, -0.05) is 60.1 Å². The number of phenols is 1. The first-order valence-electron chi connectivity index (χ1n) is 18.7. The molecule has 0 aliphatic carbocycles. The Morgan fingerprint density at radius 2 is 1.11 bits per heavy atom. The number of amides is 6. The van der Waals surface area contributed by atoms with Crippen LogP contribution in [0, 0.1) is 17.8 Å². The Labute approximate surface area is 331 Å². The zero-order valence-corrected chi connectivity index (χ0v) is 33.1. The third-order valence-corrected chi connectivity index (χ3v) is 9.00. The summed E-state index contributed by atoms with van der Waals surface area (Å²) in [5.41, 5.74) is 6.64. The van der Waals surface area contributed by atoms with Gasteiger partial charge in [-0.25, -0.2) is 4.79 Å². The molecular formula is C37H59N7O13. The normalized spacial score (nSPS) is 15.4. The van der Waals surface area contributed by atoms with Crippen LogP contribution in [-0.2, 0) is 44.8 Å². The quantitative estimate of drug-likeness (QED) is 0.0502. The van der Waals surface area contributed by atoms with Gasteiger partial charge in [-0.2, -0.15) is 0 Å². The molecule has 1 aromatic rings. The molecule has 0 aliphatic heterocycles. The molecule has 57 heavy (non-hydrogen) atoms. The van der Waals surface area contributed by atoms with Gasteiger partial charge in [0, 0.05) is 6.42 Å². The van der Waals surface area contributed by atoms with Crippen molar-refractivity contribution < 1.29 is 63.9 Å². The number of aromatic hydroxyl groups is 1. The van der Waals surface area contributed by atoms with E-state index in [1.807, 2.05) is 0 Å². The van der Waals surface area contributed by atoms with Crippen molar-refractivity contribution in [1.82, 2.24) is 31.9 Å². The Morgan fingerprint density at radius 1 is 0.632 bits per heavy atom. The Balaban J connectivity index is 3.16. The van der Waals surface area contributed by atoms with Gasteiger partial charge in [0.2, 0.25) is 35.4 Å². The first kappa shape index (κ1) is 49.7. The van der Waals surface area contributed by atoms with Crippen LogP contribution in [0.5, 0.6) is 5.75 Å². The van der Waals surface area contributed by atoms with Crippen LogP contribution in [0.4, 0.5) is 0 Å². The Hall–Kier alpha value is -5.34. The summed E-state index contributed by atoms with van der Waals surface area (Å²) in [5, 5.41) is 61.9. The van der Waals surface area contributed by atoms with Gasteiger partial charge in [0.05, 0.1) is 19.3 Å². The van der Waals surface area contributed by atoms with Crippen molar-refractivity contribution in [2.24, 2.45) is 23.5 Å². The maximum Gasteiger partial charge on any atom is 0.328 e. The highest BCUT2D eigenvalue weighted by atomic mass is 16.4. The molecule has 1 aromatic carbocycles. The minimum Gasteiger partial charge on any atom is -0.508 e. The van der Waals surface area contributed by atoms with Crippen LogP contribution in [0.2, 0.25) is 0 Å².